The first-order valence-electron chi connectivity index (χ1n) is 8.33. The summed E-state index contributed by atoms with van der Waals surface area (Å²) in [5.41, 5.74) is 1.91. The molecule has 1 aromatic carbocycles. The number of carboxylic acid groups (broad SMARTS) is 1. The SMILES string of the molecule is Cc1c(C(=O)NC(CCC(C)(C)C)C(=O)O)cnn1-c1ccccc1. The largest absolute Gasteiger partial charge is 0.480 e. The maximum Gasteiger partial charge on any atom is 0.326 e. The number of nitrogens with one attached hydrogen (secondary N) is 1. The fraction of sp³-hybridized carbons (Fsp3) is 0.421. The zero-order valence-electron chi connectivity index (χ0n) is 15.1. The Morgan fingerprint density at radius 1 is 1.24 bits per heavy atom. The molecule has 0 spiro atoms. The van der Waals surface area contributed by atoms with E-state index in [4.69, 9.17) is 0 Å². The Hall–Kier alpha value is -2.63. The van der Waals surface area contributed by atoms with Crippen molar-refractivity contribution in [3.05, 3.63) is 47.8 Å². The highest BCUT2D eigenvalue weighted by Crippen LogP contribution is 2.22. The van der Waals surface area contributed by atoms with Gasteiger partial charge in [0.25, 0.3) is 5.91 Å². The Labute approximate surface area is 147 Å². The van der Waals surface area contributed by atoms with Gasteiger partial charge in [-0.3, -0.25) is 4.79 Å². The maximum atomic E-state index is 12.5. The van der Waals surface area contributed by atoms with E-state index in [2.05, 4.69) is 10.4 Å². The number of para-hydroxylation sites is 1. The molecule has 1 atom stereocenters. The summed E-state index contributed by atoms with van der Waals surface area (Å²) in [5.74, 6) is -1.44. The fourth-order valence-electron chi connectivity index (χ4n) is 2.53. The van der Waals surface area contributed by atoms with E-state index < -0.39 is 17.9 Å². The summed E-state index contributed by atoms with van der Waals surface area (Å²) in [6.45, 7) is 7.92. The third-order valence-electron chi connectivity index (χ3n) is 4.04. The number of carbonyl (C=O) groups is 2. The lowest BCUT2D eigenvalue weighted by atomic mass is 9.88. The van der Waals surface area contributed by atoms with Gasteiger partial charge in [0.05, 0.1) is 23.1 Å². The summed E-state index contributed by atoms with van der Waals surface area (Å²) in [6, 6.07) is 8.57. The molecule has 25 heavy (non-hydrogen) atoms. The maximum absolute atomic E-state index is 12.5. The van der Waals surface area contributed by atoms with Crippen molar-refractivity contribution in [2.24, 2.45) is 5.41 Å². The molecule has 1 heterocycles. The third kappa shape index (κ3) is 4.92. The number of amides is 1. The molecule has 2 rings (SSSR count). The van der Waals surface area contributed by atoms with E-state index in [-0.39, 0.29) is 5.41 Å². The van der Waals surface area contributed by atoms with E-state index >= 15 is 0 Å². The Balaban J connectivity index is 2.14. The van der Waals surface area contributed by atoms with Crippen LogP contribution in [0.4, 0.5) is 0 Å². The van der Waals surface area contributed by atoms with Gasteiger partial charge in [-0.15, -0.1) is 0 Å². The predicted molar refractivity (Wildman–Crippen MR) is 95.9 cm³/mol. The van der Waals surface area contributed by atoms with Gasteiger partial charge >= 0.3 is 5.97 Å². The van der Waals surface area contributed by atoms with Gasteiger partial charge in [-0.1, -0.05) is 39.0 Å². The van der Waals surface area contributed by atoms with Gasteiger partial charge in [-0.2, -0.15) is 5.10 Å². The standard InChI is InChI=1S/C19H25N3O3/c1-13-15(12-20-22(13)14-8-6-5-7-9-14)17(23)21-16(18(24)25)10-11-19(2,3)4/h5-9,12,16H,10-11H2,1-4H3,(H,21,23)(H,24,25). The van der Waals surface area contributed by atoms with Crippen LogP contribution in [0.2, 0.25) is 0 Å². The molecule has 0 bridgehead atoms. The van der Waals surface area contributed by atoms with Crippen molar-refractivity contribution >= 4 is 11.9 Å². The van der Waals surface area contributed by atoms with Crippen LogP contribution in [0.5, 0.6) is 0 Å². The molecule has 0 aliphatic heterocycles. The Morgan fingerprint density at radius 3 is 2.44 bits per heavy atom. The molecule has 1 aromatic heterocycles. The lowest BCUT2D eigenvalue weighted by Gasteiger charge is -2.21. The van der Waals surface area contributed by atoms with Crippen molar-refractivity contribution in [2.75, 3.05) is 0 Å². The van der Waals surface area contributed by atoms with Crippen LogP contribution in [0, 0.1) is 12.3 Å². The molecule has 2 N–H and O–H groups in total. The second-order valence-electron chi connectivity index (χ2n) is 7.35. The molecular formula is C19H25N3O3. The van der Waals surface area contributed by atoms with E-state index in [9.17, 15) is 14.7 Å². The van der Waals surface area contributed by atoms with Crippen molar-refractivity contribution in [1.82, 2.24) is 15.1 Å². The number of hydrogen-bond acceptors (Lipinski definition) is 3. The summed E-state index contributed by atoms with van der Waals surface area (Å²) >= 11 is 0. The number of hydrogen-bond donors (Lipinski definition) is 2. The Bertz CT molecular complexity index is 745. The average Bonchev–Trinajstić information content (AvgIpc) is 2.92. The minimum atomic E-state index is -1.02. The molecule has 0 aliphatic carbocycles. The van der Waals surface area contributed by atoms with Crippen molar-refractivity contribution in [3.8, 4) is 5.69 Å². The lowest BCUT2D eigenvalue weighted by Crippen LogP contribution is -2.41. The molecule has 0 saturated carbocycles. The number of carbonyl (C=O) groups excluding carboxylic acids is 1. The number of benzene rings is 1. The fourth-order valence-corrected chi connectivity index (χ4v) is 2.53. The van der Waals surface area contributed by atoms with Crippen LogP contribution >= 0.6 is 0 Å². The number of aromatic nitrogens is 2. The molecule has 0 fully saturated rings. The molecule has 1 amide bonds. The third-order valence-corrected chi connectivity index (χ3v) is 4.04. The second-order valence-corrected chi connectivity index (χ2v) is 7.35. The number of rotatable bonds is 6. The molecule has 0 radical (unpaired) electrons. The first-order chi connectivity index (χ1) is 11.7. The van der Waals surface area contributed by atoms with Gasteiger partial charge in [0.1, 0.15) is 6.04 Å². The molecule has 1 unspecified atom stereocenters. The van der Waals surface area contributed by atoms with Crippen LogP contribution in [-0.4, -0.2) is 32.8 Å². The highest BCUT2D eigenvalue weighted by Gasteiger charge is 2.25. The molecule has 6 nitrogen and oxygen atoms in total. The van der Waals surface area contributed by atoms with Crippen molar-refractivity contribution in [3.63, 3.8) is 0 Å². The number of aliphatic carboxylic acids is 1. The van der Waals surface area contributed by atoms with E-state index in [1.807, 2.05) is 51.1 Å². The highest BCUT2D eigenvalue weighted by atomic mass is 16.4. The van der Waals surface area contributed by atoms with Crippen molar-refractivity contribution in [2.45, 2.75) is 46.6 Å². The second kappa shape index (κ2) is 7.51. The van der Waals surface area contributed by atoms with Crippen LogP contribution in [0.3, 0.4) is 0 Å². The topological polar surface area (TPSA) is 84.2 Å². The van der Waals surface area contributed by atoms with E-state index in [0.29, 0.717) is 24.1 Å². The zero-order chi connectivity index (χ0) is 18.6. The van der Waals surface area contributed by atoms with Crippen molar-refractivity contribution < 1.29 is 14.7 Å². The van der Waals surface area contributed by atoms with Crippen LogP contribution in [0.15, 0.2) is 36.5 Å². The quantitative estimate of drug-likeness (QED) is 0.843. The van der Waals surface area contributed by atoms with Gasteiger partial charge < -0.3 is 10.4 Å². The summed E-state index contributed by atoms with van der Waals surface area (Å²) in [5, 5.41) is 16.3. The normalized spacial score (nSPS) is 12.6. The predicted octanol–water partition coefficient (Wildman–Crippen LogP) is 3.19. The smallest absolute Gasteiger partial charge is 0.326 e. The van der Waals surface area contributed by atoms with Crippen LogP contribution in [0.1, 0.15) is 49.7 Å². The van der Waals surface area contributed by atoms with Crippen LogP contribution in [0.25, 0.3) is 5.69 Å². The summed E-state index contributed by atoms with van der Waals surface area (Å²) < 4.78 is 1.67. The van der Waals surface area contributed by atoms with Crippen LogP contribution < -0.4 is 5.32 Å². The average molecular weight is 343 g/mol. The molecular weight excluding hydrogens is 318 g/mol. The van der Waals surface area contributed by atoms with Gasteiger partial charge in [0.2, 0.25) is 0 Å². The number of carboxylic acids is 1. The van der Waals surface area contributed by atoms with Gasteiger partial charge in [-0.25, -0.2) is 9.48 Å². The minimum absolute atomic E-state index is 0.00649. The van der Waals surface area contributed by atoms with Crippen molar-refractivity contribution in [1.29, 1.82) is 0 Å². The zero-order valence-corrected chi connectivity index (χ0v) is 15.1. The lowest BCUT2D eigenvalue weighted by molar-refractivity contribution is -0.139. The van der Waals surface area contributed by atoms with Gasteiger partial charge in [0, 0.05) is 0 Å². The molecule has 6 heteroatoms. The van der Waals surface area contributed by atoms with E-state index in [1.165, 1.54) is 6.20 Å². The van der Waals surface area contributed by atoms with Gasteiger partial charge in [-0.05, 0) is 37.3 Å². The Kier molecular flexibility index (Phi) is 5.62. The summed E-state index contributed by atoms with van der Waals surface area (Å²) in [6.07, 6.45) is 2.56. The first kappa shape index (κ1) is 18.7. The van der Waals surface area contributed by atoms with E-state index in [0.717, 1.165) is 5.69 Å². The minimum Gasteiger partial charge on any atom is -0.480 e. The molecule has 0 saturated heterocycles. The van der Waals surface area contributed by atoms with Crippen LogP contribution in [-0.2, 0) is 4.79 Å². The van der Waals surface area contributed by atoms with E-state index in [1.54, 1.807) is 11.6 Å². The number of nitrogens with zero attached hydrogens (tertiary/aromatic N) is 2. The highest BCUT2D eigenvalue weighted by molar-refractivity contribution is 5.97. The summed E-state index contributed by atoms with van der Waals surface area (Å²) in [4.78, 5) is 24.0. The summed E-state index contributed by atoms with van der Waals surface area (Å²) in [7, 11) is 0. The molecule has 0 aliphatic rings. The van der Waals surface area contributed by atoms with Gasteiger partial charge in [0.15, 0.2) is 0 Å². The first-order valence-corrected chi connectivity index (χ1v) is 8.33. The molecule has 134 valence electrons. The Morgan fingerprint density at radius 2 is 1.88 bits per heavy atom. The monoisotopic (exact) mass is 343 g/mol. The molecule has 2 aromatic rings.